The van der Waals surface area contributed by atoms with Crippen molar-refractivity contribution >= 4 is 33.4 Å². The highest BCUT2D eigenvalue weighted by molar-refractivity contribution is 9.10. The molecule has 0 spiro atoms. The fraction of sp³-hybridized carbons (Fsp3) is 0.231. The highest BCUT2D eigenvalue weighted by atomic mass is 79.9. The highest BCUT2D eigenvalue weighted by Gasteiger charge is 2.35. The second-order valence-electron chi connectivity index (χ2n) is 4.07. The molecule has 1 aromatic carbocycles. The summed E-state index contributed by atoms with van der Waals surface area (Å²) in [5.74, 6) is -0.621. The van der Waals surface area contributed by atoms with E-state index in [1.807, 2.05) is 19.1 Å². The third-order valence-corrected chi connectivity index (χ3v) is 3.43. The molecular weight excluding hydrogens is 296 g/mol. The van der Waals surface area contributed by atoms with E-state index in [2.05, 4.69) is 21.4 Å². The Labute approximate surface area is 114 Å². The Morgan fingerprint density at radius 2 is 1.89 bits per heavy atom. The summed E-state index contributed by atoms with van der Waals surface area (Å²) < 4.78 is 0.921. The van der Waals surface area contributed by atoms with Crippen molar-refractivity contribution in [3.05, 3.63) is 39.9 Å². The van der Waals surface area contributed by atoms with E-state index < -0.39 is 0 Å². The van der Waals surface area contributed by atoms with Gasteiger partial charge in [0.1, 0.15) is 5.57 Å². The lowest BCUT2D eigenvalue weighted by Gasteiger charge is -2.14. The Morgan fingerprint density at radius 1 is 1.28 bits per heavy atom. The number of rotatable bonds is 2. The number of anilines is 1. The van der Waals surface area contributed by atoms with Crippen LogP contribution in [0.15, 0.2) is 39.9 Å². The van der Waals surface area contributed by atoms with Gasteiger partial charge in [0.2, 0.25) is 0 Å². The van der Waals surface area contributed by atoms with E-state index in [-0.39, 0.29) is 17.4 Å². The Morgan fingerprint density at radius 3 is 2.44 bits per heavy atom. The Bertz CT molecular complexity index is 534. The fourth-order valence-electron chi connectivity index (χ4n) is 1.74. The van der Waals surface area contributed by atoms with Crippen molar-refractivity contribution in [2.75, 3.05) is 5.01 Å². The van der Waals surface area contributed by atoms with E-state index in [1.54, 1.807) is 19.1 Å². The Balaban J connectivity index is 2.37. The van der Waals surface area contributed by atoms with Crippen LogP contribution in [0.1, 0.15) is 20.3 Å². The molecule has 1 aliphatic heterocycles. The number of nitrogens with one attached hydrogen (secondary N) is 1. The average molecular weight is 309 g/mol. The molecule has 0 atom stereocenters. The van der Waals surface area contributed by atoms with E-state index in [1.165, 1.54) is 5.01 Å². The Kier molecular flexibility index (Phi) is 3.52. The van der Waals surface area contributed by atoms with Crippen molar-refractivity contribution < 1.29 is 9.59 Å². The zero-order valence-electron chi connectivity index (χ0n) is 10.2. The number of carbonyl (C=O) groups is 2. The molecule has 1 heterocycles. The van der Waals surface area contributed by atoms with E-state index in [4.69, 9.17) is 0 Å². The van der Waals surface area contributed by atoms with E-state index >= 15 is 0 Å². The van der Waals surface area contributed by atoms with Crippen molar-refractivity contribution in [3.8, 4) is 0 Å². The van der Waals surface area contributed by atoms with Gasteiger partial charge in [-0.1, -0.05) is 28.4 Å². The standard InChI is InChI=1S/C13H13BrN2O2/c1-3-8(2)11-12(17)15-16(13(11)18)10-6-4-9(14)5-7-10/h4-7H,3H2,1-2H3,(H,15,17)/b11-8-. The van der Waals surface area contributed by atoms with Crippen molar-refractivity contribution in [2.24, 2.45) is 0 Å². The lowest BCUT2D eigenvalue weighted by Crippen LogP contribution is -2.35. The van der Waals surface area contributed by atoms with Gasteiger partial charge in [-0.25, -0.2) is 5.01 Å². The number of carbonyl (C=O) groups excluding carboxylic acids is 2. The number of halogens is 1. The third kappa shape index (κ3) is 2.18. The van der Waals surface area contributed by atoms with Crippen LogP contribution in [0, 0.1) is 0 Å². The monoisotopic (exact) mass is 308 g/mol. The van der Waals surface area contributed by atoms with Gasteiger partial charge in [-0.05, 0) is 37.6 Å². The minimum atomic E-state index is -0.331. The third-order valence-electron chi connectivity index (χ3n) is 2.90. The van der Waals surface area contributed by atoms with Gasteiger partial charge in [-0.2, -0.15) is 0 Å². The van der Waals surface area contributed by atoms with Crippen LogP contribution in [0.3, 0.4) is 0 Å². The molecule has 0 saturated carbocycles. The second-order valence-corrected chi connectivity index (χ2v) is 4.98. The van der Waals surface area contributed by atoms with Crippen molar-refractivity contribution in [2.45, 2.75) is 20.3 Å². The molecule has 0 aromatic heterocycles. The number of hydrogen-bond acceptors (Lipinski definition) is 2. The van der Waals surface area contributed by atoms with Crippen LogP contribution in [0.4, 0.5) is 5.69 Å². The quantitative estimate of drug-likeness (QED) is 0.674. The van der Waals surface area contributed by atoms with E-state index in [0.717, 1.165) is 10.0 Å². The minimum absolute atomic E-state index is 0.250. The van der Waals surface area contributed by atoms with Crippen LogP contribution < -0.4 is 10.4 Å². The summed E-state index contributed by atoms with van der Waals surface area (Å²) >= 11 is 3.33. The molecule has 1 fully saturated rings. The number of benzene rings is 1. The number of amides is 2. The number of allylic oxidation sites excluding steroid dienone is 1. The molecule has 18 heavy (non-hydrogen) atoms. The zero-order valence-corrected chi connectivity index (χ0v) is 11.7. The van der Waals surface area contributed by atoms with Gasteiger partial charge in [0, 0.05) is 4.47 Å². The van der Waals surface area contributed by atoms with Gasteiger partial charge < -0.3 is 0 Å². The molecule has 1 N–H and O–H groups in total. The Hall–Kier alpha value is -1.62. The predicted molar refractivity (Wildman–Crippen MR) is 72.8 cm³/mol. The summed E-state index contributed by atoms with van der Waals surface area (Å²) in [5, 5.41) is 1.28. The molecular formula is C13H13BrN2O2. The van der Waals surface area contributed by atoms with Crippen LogP contribution in [0.2, 0.25) is 0 Å². The molecule has 1 aliphatic rings. The number of nitrogens with zero attached hydrogens (tertiary/aromatic N) is 1. The maximum absolute atomic E-state index is 12.2. The molecule has 1 aromatic rings. The molecule has 2 rings (SSSR count). The van der Waals surface area contributed by atoms with Gasteiger partial charge in [-0.3, -0.25) is 15.0 Å². The van der Waals surface area contributed by atoms with E-state index in [0.29, 0.717) is 12.1 Å². The van der Waals surface area contributed by atoms with E-state index in [9.17, 15) is 9.59 Å². The molecule has 0 radical (unpaired) electrons. The van der Waals surface area contributed by atoms with Crippen LogP contribution in [-0.2, 0) is 9.59 Å². The summed E-state index contributed by atoms with van der Waals surface area (Å²) in [5.41, 5.74) is 4.28. The van der Waals surface area contributed by atoms with Gasteiger partial charge >= 0.3 is 0 Å². The second kappa shape index (κ2) is 4.94. The smallest absolute Gasteiger partial charge is 0.267 e. The predicted octanol–water partition coefficient (Wildman–Crippen LogP) is 2.55. The lowest BCUT2D eigenvalue weighted by atomic mass is 10.1. The maximum atomic E-state index is 12.2. The normalized spacial score (nSPS) is 18.1. The van der Waals surface area contributed by atoms with Crippen molar-refractivity contribution in [1.82, 2.24) is 5.43 Å². The summed E-state index contributed by atoms with van der Waals surface area (Å²) in [6, 6.07) is 7.19. The topological polar surface area (TPSA) is 49.4 Å². The average Bonchev–Trinajstić information content (AvgIpc) is 2.65. The first kappa shape index (κ1) is 12.8. The van der Waals surface area contributed by atoms with Crippen LogP contribution in [0.5, 0.6) is 0 Å². The summed E-state index contributed by atoms with van der Waals surface area (Å²) in [6.45, 7) is 3.73. The SMILES string of the molecule is CC/C(C)=C1/C(=O)NN(c2ccc(Br)cc2)C1=O. The molecule has 1 saturated heterocycles. The molecule has 0 unspecified atom stereocenters. The zero-order chi connectivity index (χ0) is 13.3. The highest BCUT2D eigenvalue weighted by Crippen LogP contribution is 2.24. The minimum Gasteiger partial charge on any atom is -0.267 e. The molecule has 94 valence electrons. The van der Waals surface area contributed by atoms with Crippen molar-refractivity contribution in [1.29, 1.82) is 0 Å². The summed E-state index contributed by atoms with van der Waals surface area (Å²) in [7, 11) is 0. The number of hydrazine groups is 1. The van der Waals surface area contributed by atoms with Gasteiger partial charge in [-0.15, -0.1) is 0 Å². The first-order chi connectivity index (χ1) is 8.54. The van der Waals surface area contributed by atoms with Gasteiger partial charge in [0.05, 0.1) is 5.69 Å². The molecule has 2 amide bonds. The summed E-state index contributed by atoms with van der Waals surface area (Å²) in [4.78, 5) is 24.0. The maximum Gasteiger partial charge on any atom is 0.282 e. The molecule has 0 aliphatic carbocycles. The van der Waals surface area contributed by atoms with Crippen molar-refractivity contribution in [3.63, 3.8) is 0 Å². The van der Waals surface area contributed by atoms with Crippen LogP contribution >= 0.6 is 15.9 Å². The van der Waals surface area contributed by atoms with Crippen LogP contribution in [0.25, 0.3) is 0 Å². The molecule has 4 nitrogen and oxygen atoms in total. The molecule has 5 heteroatoms. The summed E-state index contributed by atoms with van der Waals surface area (Å²) in [6.07, 6.45) is 0.683. The lowest BCUT2D eigenvalue weighted by molar-refractivity contribution is -0.117. The van der Waals surface area contributed by atoms with Gasteiger partial charge in [0.15, 0.2) is 0 Å². The first-order valence-corrected chi connectivity index (χ1v) is 6.44. The molecule has 0 bridgehead atoms. The van der Waals surface area contributed by atoms with Gasteiger partial charge in [0.25, 0.3) is 11.8 Å². The first-order valence-electron chi connectivity index (χ1n) is 5.65. The largest absolute Gasteiger partial charge is 0.282 e. The number of hydrogen-bond donors (Lipinski definition) is 1. The fourth-order valence-corrected chi connectivity index (χ4v) is 2.01. The van der Waals surface area contributed by atoms with Crippen LogP contribution in [-0.4, -0.2) is 11.8 Å².